The summed E-state index contributed by atoms with van der Waals surface area (Å²) in [5.41, 5.74) is 6.58. The average molecular weight is 461 g/mol. The Morgan fingerprint density at radius 1 is 0.706 bits per heavy atom. The number of nitrogens with zero attached hydrogens (tertiary/aromatic N) is 2. The molecule has 0 aliphatic heterocycles. The molecular formula is C30H40N2O2. The molecule has 4 heteroatoms. The van der Waals surface area contributed by atoms with Gasteiger partial charge in [-0.05, 0) is 47.9 Å². The molecule has 0 unspecified atom stereocenters. The second-order valence-electron chi connectivity index (χ2n) is 11.6. The highest BCUT2D eigenvalue weighted by molar-refractivity contribution is 5.48. The van der Waals surface area contributed by atoms with E-state index in [4.69, 9.17) is 0 Å². The normalized spacial score (nSPS) is 12.4. The summed E-state index contributed by atoms with van der Waals surface area (Å²) in [6.07, 6.45) is 1.80. The van der Waals surface area contributed by atoms with Gasteiger partial charge in [-0.25, -0.2) is 0 Å². The molecule has 1 aromatic heterocycles. The van der Waals surface area contributed by atoms with Gasteiger partial charge in [0, 0.05) is 37.0 Å². The Kier molecular flexibility index (Phi) is 7.42. The van der Waals surface area contributed by atoms with Crippen LogP contribution in [-0.2, 0) is 30.5 Å². The second-order valence-corrected chi connectivity index (χ2v) is 11.6. The monoisotopic (exact) mass is 460 g/mol. The number of benzene rings is 2. The lowest BCUT2D eigenvalue weighted by atomic mass is 9.83. The number of pyridine rings is 1. The lowest BCUT2D eigenvalue weighted by molar-refractivity contribution is 0.237. The van der Waals surface area contributed by atoms with Gasteiger partial charge in [-0.2, -0.15) is 0 Å². The molecule has 3 rings (SSSR count). The van der Waals surface area contributed by atoms with Gasteiger partial charge in [-0.15, -0.1) is 0 Å². The lowest BCUT2D eigenvalue weighted by Gasteiger charge is -2.28. The van der Waals surface area contributed by atoms with E-state index in [9.17, 15) is 10.2 Å². The molecule has 0 saturated carbocycles. The number of phenols is 2. The Morgan fingerprint density at radius 3 is 1.56 bits per heavy atom. The van der Waals surface area contributed by atoms with Crippen molar-refractivity contribution >= 4 is 0 Å². The zero-order chi connectivity index (χ0) is 25.3. The summed E-state index contributed by atoms with van der Waals surface area (Å²) < 4.78 is 0. The van der Waals surface area contributed by atoms with E-state index in [0.29, 0.717) is 31.1 Å². The molecule has 0 radical (unpaired) electrons. The van der Waals surface area contributed by atoms with Crippen LogP contribution in [0.5, 0.6) is 11.5 Å². The van der Waals surface area contributed by atoms with Crippen molar-refractivity contribution in [3.63, 3.8) is 0 Å². The molecule has 0 bridgehead atoms. The van der Waals surface area contributed by atoms with E-state index in [0.717, 1.165) is 39.1 Å². The van der Waals surface area contributed by atoms with Crippen LogP contribution in [0.4, 0.5) is 0 Å². The van der Waals surface area contributed by atoms with Crippen LogP contribution in [0, 0.1) is 13.8 Å². The van der Waals surface area contributed by atoms with Gasteiger partial charge < -0.3 is 10.2 Å². The van der Waals surface area contributed by atoms with Crippen molar-refractivity contribution < 1.29 is 10.2 Å². The van der Waals surface area contributed by atoms with Crippen LogP contribution in [0.3, 0.4) is 0 Å². The van der Waals surface area contributed by atoms with Crippen molar-refractivity contribution in [3.05, 3.63) is 87.7 Å². The summed E-state index contributed by atoms with van der Waals surface area (Å²) in [7, 11) is 0. The smallest absolute Gasteiger partial charge is 0.123 e. The van der Waals surface area contributed by atoms with E-state index in [-0.39, 0.29) is 10.8 Å². The molecule has 34 heavy (non-hydrogen) atoms. The maximum absolute atomic E-state index is 11.2. The lowest BCUT2D eigenvalue weighted by Crippen LogP contribution is -2.24. The Hall–Kier alpha value is -2.85. The molecule has 3 aromatic rings. The number of rotatable bonds is 6. The Bertz CT molecular complexity index is 1070. The fourth-order valence-corrected chi connectivity index (χ4v) is 4.46. The van der Waals surface area contributed by atoms with Crippen molar-refractivity contribution in [1.82, 2.24) is 9.88 Å². The van der Waals surface area contributed by atoms with Gasteiger partial charge in [-0.3, -0.25) is 9.88 Å². The molecule has 0 atom stereocenters. The molecule has 0 aliphatic rings. The zero-order valence-corrected chi connectivity index (χ0v) is 22.0. The summed E-state index contributed by atoms with van der Waals surface area (Å²) in [6, 6.07) is 14.2. The number of hydrogen-bond donors (Lipinski definition) is 2. The van der Waals surface area contributed by atoms with Crippen molar-refractivity contribution in [2.45, 2.75) is 85.9 Å². The highest BCUT2D eigenvalue weighted by Crippen LogP contribution is 2.37. The fourth-order valence-electron chi connectivity index (χ4n) is 4.46. The minimum atomic E-state index is -0.160. The summed E-state index contributed by atoms with van der Waals surface area (Å²) >= 11 is 0. The van der Waals surface area contributed by atoms with Crippen molar-refractivity contribution in [3.8, 4) is 11.5 Å². The molecule has 2 N–H and O–H groups in total. The Balaban J connectivity index is 2.04. The number of aryl methyl sites for hydroxylation is 2. The highest BCUT2D eigenvalue weighted by Gasteiger charge is 2.24. The van der Waals surface area contributed by atoms with Gasteiger partial charge >= 0.3 is 0 Å². The summed E-state index contributed by atoms with van der Waals surface area (Å²) in [6.45, 7) is 18.6. The minimum absolute atomic E-state index is 0.160. The van der Waals surface area contributed by atoms with E-state index in [2.05, 4.69) is 89.5 Å². The number of aromatic nitrogens is 1. The molecule has 0 aliphatic carbocycles. The molecule has 0 spiro atoms. The number of hydrogen-bond acceptors (Lipinski definition) is 4. The topological polar surface area (TPSA) is 56.6 Å². The summed E-state index contributed by atoms with van der Waals surface area (Å²) in [5.74, 6) is 0.709. The van der Waals surface area contributed by atoms with Gasteiger partial charge in [0.1, 0.15) is 11.5 Å². The van der Waals surface area contributed by atoms with Crippen molar-refractivity contribution in [2.75, 3.05) is 0 Å². The van der Waals surface area contributed by atoms with Gasteiger partial charge in [0.25, 0.3) is 0 Å². The van der Waals surface area contributed by atoms with E-state index in [1.54, 1.807) is 6.20 Å². The van der Waals surface area contributed by atoms with Crippen molar-refractivity contribution in [2.24, 2.45) is 0 Å². The predicted molar refractivity (Wildman–Crippen MR) is 140 cm³/mol. The van der Waals surface area contributed by atoms with E-state index in [1.807, 2.05) is 18.2 Å². The predicted octanol–water partition coefficient (Wildman–Crippen LogP) is 6.91. The van der Waals surface area contributed by atoms with Crippen molar-refractivity contribution in [1.29, 1.82) is 0 Å². The van der Waals surface area contributed by atoms with Gasteiger partial charge in [-0.1, -0.05) is 83.0 Å². The standard InChI is InChI=1S/C30H40N2O2/c1-20-13-22(27(33)25(15-20)29(3,4)5)17-32(19-24-11-9-10-12-31-24)18-23-14-21(2)16-26(28(23)34)30(6,7)8/h9-16,33-34H,17-19H2,1-8H3. The molecular weight excluding hydrogens is 420 g/mol. The first-order chi connectivity index (χ1) is 15.8. The Labute approximate surface area is 205 Å². The molecule has 0 fully saturated rings. The SMILES string of the molecule is Cc1cc(CN(Cc2ccccn2)Cc2cc(C)cc(C(C)(C)C)c2O)c(O)c(C(C)(C)C)c1. The third-order valence-electron chi connectivity index (χ3n) is 6.18. The minimum Gasteiger partial charge on any atom is -0.507 e. The van der Waals surface area contributed by atoms with Crippen LogP contribution < -0.4 is 0 Å². The number of phenolic OH excluding ortho intramolecular Hbond substituents is 2. The van der Waals surface area contributed by atoms with E-state index in [1.165, 1.54) is 0 Å². The van der Waals surface area contributed by atoms with E-state index < -0.39 is 0 Å². The van der Waals surface area contributed by atoms with Crippen LogP contribution in [0.1, 0.15) is 80.6 Å². The second kappa shape index (κ2) is 9.79. The van der Waals surface area contributed by atoms with Gasteiger partial charge in [0.15, 0.2) is 0 Å². The van der Waals surface area contributed by atoms with Crippen LogP contribution in [0.15, 0.2) is 48.7 Å². The summed E-state index contributed by atoms with van der Waals surface area (Å²) in [4.78, 5) is 6.77. The first-order valence-electron chi connectivity index (χ1n) is 12.0. The van der Waals surface area contributed by atoms with Crippen LogP contribution in [0.25, 0.3) is 0 Å². The average Bonchev–Trinajstić information content (AvgIpc) is 2.72. The summed E-state index contributed by atoms with van der Waals surface area (Å²) in [5, 5.41) is 22.4. The third kappa shape index (κ3) is 6.18. The first-order valence-corrected chi connectivity index (χ1v) is 12.0. The van der Waals surface area contributed by atoms with Crippen LogP contribution in [0.2, 0.25) is 0 Å². The fraction of sp³-hybridized carbons (Fsp3) is 0.433. The molecule has 2 aromatic carbocycles. The van der Waals surface area contributed by atoms with Gasteiger partial charge in [0.05, 0.1) is 5.69 Å². The molecule has 4 nitrogen and oxygen atoms in total. The van der Waals surface area contributed by atoms with Crippen LogP contribution in [-0.4, -0.2) is 20.1 Å². The number of aromatic hydroxyl groups is 2. The van der Waals surface area contributed by atoms with Gasteiger partial charge in [0.2, 0.25) is 0 Å². The maximum Gasteiger partial charge on any atom is 0.123 e. The molecule has 1 heterocycles. The third-order valence-corrected chi connectivity index (χ3v) is 6.18. The van der Waals surface area contributed by atoms with E-state index >= 15 is 0 Å². The quantitative estimate of drug-likeness (QED) is 0.420. The first kappa shape index (κ1) is 25.8. The molecule has 0 saturated heterocycles. The highest BCUT2D eigenvalue weighted by atomic mass is 16.3. The zero-order valence-electron chi connectivity index (χ0n) is 22.0. The molecule has 182 valence electrons. The maximum atomic E-state index is 11.2. The van der Waals surface area contributed by atoms with Crippen LogP contribution >= 0.6 is 0 Å². The molecule has 0 amide bonds. The largest absolute Gasteiger partial charge is 0.507 e. The Morgan fingerprint density at radius 2 is 1.18 bits per heavy atom.